The molecule has 0 saturated carbocycles. The molecule has 4 heteroatoms. The summed E-state index contributed by atoms with van der Waals surface area (Å²) in [4.78, 5) is 17.5. The van der Waals surface area contributed by atoms with Crippen molar-refractivity contribution in [2.24, 2.45) is 5.73 Å². The predicted molar refractivity (Wildman–Crippen MR) is 73.7 cm³/mol. The highest BCUT2D eigenvalue weighted by Crippen LogP contribution is 2.30. The fourth-order valence-electron chi connectivity index (χ4n) is 2.21. The first-order valence-corrected chi connectivity index (χ1v) is 5.86. The number of likely N-dealkylation sites (N-methyl/N-ethyl adjacent to an activating group) is 1. The average Bonchev–Trinajstić information content (AvgIpc) is 2.29. The molecule has 0 aliphatic heterocycles. The Balaban J connectivity index is 2.66. The standard InChI is InChI=1S/C14H17N3O/c1-9-10(2)16-12-7-5-4-6-11(12)14(9)17(3)8-13(15)18/h4-7H,8H2,1-3H3,(H2,15,18). The third kappa shape index (κ3) is 2.14. The number of nitrogens with zero attached hydrogens (tertiary/aromatic N) is 2. The second-order valence-corrected chi connectivity index (χ2v) is 4.51. The summed E-state index contributed by atoms with van der Waals surface area (Å²) in [7, 11) is 1.87. The number of aromatic nitrogens is 1. The molecule has 94 valence electrons. The summed E-state index contributed by atoms with van der Waals surface area (Å²) >= 11 is 0. The van der Waals surface area contributed by atoms with E-state index in [0.29, 0.717) is 0 Å². The molecule has 0 saturated heterocycles. The topological polar surface area (TPSA) is 59.2 Å². The second kappa shape index (κ2) is 4.64. The van der Waals surface area contributed by atoms with E-state index in [0.717, 1.165) is 27.8 Å². The van der Waals surface area contributed by atoms with Crippen LogP contribution in [0.3, 0.4) is 0 Å². The van der Waals surface area contributed by atoms with Crippen molar-refractivity contribution in [3.8, 4) is 0 Å². The molecule has 2 aromatic rings. The van der Waals surface area contributed by atoms with Crippen LogP contribution in [0.25, 0.3) is 10.9 Å². The Bertz CT molecular complexity index is 607. The number of carbonyl (C=O) groups excluding carboxylic acids is 1. The van der Waals surface area contributed by atoms with Gasteiger partial charge in [0.15, 0.2) is 0 Å². The van der Waals surface area contributed by atoms with Gasteiger partial charge in [0, 0.05) is 18.1 Å². The Kier molecular flexibility index (Phi) is 3.19. The zero-order chi connectivity index (χ0) is 13.3. The molecule has 0 aliphatic carbocycles. The van der Waals surface area contributed by atoms with Gasteiger partial charge in [0.25, 0.3) is 0 Å². The molecule has 2 rings (SSSR count). The highest BCUT2D eigenvalue weighted by atomic mass is 16.1. The van der Waals surface area contributed by atoms with Crippen molar-refractivity contribution in [1.29, 1.82) is 0 Å². The lowest BCUT2D eigenvalue weighted by Gasteiger charge is -2.22. The Labute approximate surface area is 106 Å². The third-order valence-electron chi connectivity index (χ3n) is 3.12. The number of para-hydroxylation sites is 1. The summed E-state index contributed by atoms with van der Waals surface area (Å²) in [5.74, 6) is -0.338. The smallest absolute Gasteiger partial charge is 0.236 e. The van der Waals surface area contributed by atoms with Crippen molar-refractivity contribution < 1.29 is 4.79 Å². The van der Waals surface area contributed by atoms with Gasteiger partial charge in [0.05, 0.1) is 17.7 Å². The number of carbonyl (C=O) groups is 1. The summed E-state index contributed by atoms with van der Waals surface area (Å²) in [6, 6.07) is 7.92. The molecule has 1 heterocycles. The number of benzene rings is 1. The van der Waals surface area contributed by atoms with Crippen LogP contribution in [-0.2, 0) is 4.79 Å². The fourth-order valence-corrected chi connectivity index (χ4v) is 2.21. The van der Waals surface area contributed by atoms with Crippen molar-refractivity contribution in [2.75, 3.05) is 18.5 Å². The van der Waals surface area contributed by atoms with Crippen molar-refractivity contribution in [1.82, 2.24) is 4.98 Å². The lowest BCUT2D eigenvalue weighted by Crippen LogP contribution is -2.31. The van der Waals surface area contributed by atoms with Gasteiger partial charge in [0.2, 0.25) is 5.91 Å². The number of hydrogen-bond acceptors (Lipinski definition) is 3. The van der Waals surface area contributed by atoms with E-state index in [1.165, 1.54) is 0 Å². The number of aryl methyl sites for hydroxylation is 1. The largest absolute Gasteiger partial charge is 0.368 e. The highest BCUT2D eigenvalue weighted by molar-refractivity contribution is 5.95. The van der Waals surface area contributed by atoms with Crippen LogP contribution in [0.5, 0.6) is 0 Å². The van der Waals surface area contributed by atoms with E-state index in [4.69, 9.17) is 5.73 Å². The first-order chi connectivity index (χ1) is 8.50. The predicted octanol–water partition coefficient (Wildman–Crippen LogP) is 1.77. The first-order valence-electron chi connectivity index (χ1n) is 5.86. The Morgan fingerprint density at radius 1 is 1.33 bits per heavy atom. The maximum Gasteiger partial charge on any atom is 0.236 e. The van der Waals surface area contributed by atoms with E-state index in [1.54, 1.807) is 0 Å². The van der Waals surface area contributed by atoms with Gasteiger partial charge < -0.3 is 10.6 Å². The van der Waals surface area contributed by atoms with Crippen molar-refractivity contribution in [2.45, 2.75) is 13.8 Å². The summed E-state index contributed by atoms with van der Waals surface area (Å²) in [5, 5.41) is 1.05. The maximum absolute atomic E-state index is 11.1. The minimum atomic E-state index is -0.338. The number of nitrogens with two attached hydrogens (primary N) is 1. The number of pyridine rings is 1. The van der Waals surface area contributed by atoms with E-state index >= 15 is 0 Å². The number of anilines is 1. The van der Waals surface area contributed by atoms with Gasteiger partial charge >= 0.3 is 0 Å². The van der Waals surface area contributed by atoms with Gasteiger partial charge in [0.1, 0.15) is 0 Å². The van der Waals surface area contributed by atoms with Crippen LogP contribution in [0, 0.1) is 13.8 Å². The zero-order valence-corrected chi connectivity index (χ0v) is 10.9. The van der Waals surface area contributed by atoms with Crippen molar-refractivity contribution in [3.63, 3.8) is 0 Å². The molecule has 2 N–H and O–H groups in total. The Morgan fingerprint density at radius 3 is 2.67 bits per heavy atom. The molecule has 0 radical (unpaired) electrons. The van der Waals surface area contributed by atoms with Crippen LogP contribution >= 0.6 is 0 Å². The lowest BCUT2D eigenvalue weighted by atomic mass is 10.1. The van der Waals surface area contributed by atoms with Crippen molar-refractivity contribution >= 4 is 22.5 Å². The molecule has 0 unspecified atom stereocenters. The average molecular weight is 243 g/mol. The maximum atomic E-state index is 11.1. The number of rotatable bonds is 3. The van der Waals surface area contributed by atoms with E-state index in [-0.39, 0.29) is 12.5 Å². The monoisotopic (exact) mass is 243 g/mol. The molecule has 1 aromatic heterocycles. The van der Waals surface area contributed by atoms with E-state index < -0.39 is 0 Å². The van der Waals surface area contributed by atoms with Gasteiger partial charge in [-0.25, -0.2) is 0 Å². The van der Waals surface area contributed by atoms with Crippen molar-refractivity contribution in [3.05, 3.63) is 35.5 Å². The minimum absolute atomic E-state index is 0.203. The third-order valence-corrected chi connectivity index (χ3v) is 3.12. The molecule has 1 amide bonds. The van der Waals surface area contributed by atoms with Crippen LogP contribution in [-0.4, -0.2) is 24.5 Å². The van der Waals surface area contributed by atoms with Gasteiger partial charge in [-0.05, 0) is 25.5 Å². The number of fused-ring (bicyclic) bond motifs is 1. The van der Waals surface area contributed by atoms with Crippen LogP contribution in [0.4, 0.5) is 5.69 Å². The van der Waals surface area contributed by atoms with Crippen LogP contribution in [0.15, 0.2) is 24.3 Å². The van der Waals surface area contributed by atoms with Crippen LogP contribution in [0.2, 0.25) is 0 Å². The quantitative estimate of drug-likeness (QED) is 0.893. The zero-order valence-electron chi connectivity index (χ0n) is 10.9. The summed E-state index contributed by atoms with van der Waals surface area (Å²) in [6.45, 7) is 4.19. The van der Waals surface area contributed by atoms with Gasteiger partial charge in [-0.1, -0.05) is 18.2 Å². The molecule has 1 aromatic carbocycles. The summed E-state index contributed by atoms with van der Waals surface area (Å²) in [6.07, 6.45) is 0. The number of primary amides is 1. The molecule has 0 fully saturated rings. The molecule has 0 bridgehead atoms. The summed E-state index contributed by atoms with van der Waals surface area (Å²) in [5.41, 5.74) is 9.28. The Morgan fingerprint density at radius 2 is 2.00 bits per heavy atom. The molecular weight excluding hydrogens is 226 g/mol. The Hall–Kier alpha value is -2.10. The first kappa shape index (κ1) is 12.4. The van der Waals surface area contributed by atoms with E-state index in [9.17, 15) is 4.79 Å². The normalized spacial score (nSPS) is 10.6. The van der Waals surface area contributed by atoms with E-state index in [1.807, 2.05) is 50.1 Å². The number of amides is 1. The molecule has 0 atom stereocenters. The van der Waals surface area contributed by atoms with E-state index in [2.05, 4.69) is 4.98 Å². The SMILES string of the molecule is Cc1nc2ccccc2c(N(C)CC(N)=O)c1C. The second-order valence-electron chi connectivity index (χ2n) is 4.51. The summed E-state index contributed by atoms with van der Waals surface area (Å²) < 4.78 is 0. The van der Waals surface area contributed by atoms with Crippen LogP contribution in [0.1, 0.15) is 11.3 Å². The minimum Gasteiger partial charge on any atom is -0.368 e. The van der Waals surface area contributed by atoms with Crippen LogP contribution < -0.4 is 10.6 Å². The molecular formula is C14H17N3O. The molecule has 0 aliphatic rings. The highest BCUT2D eigenvalue weighted by Gasteiger charge is 2.14. The molecule has 18 heavy (non-hydrogen) atoms. The number of hydrogen-bond donors (Lipinski definition) is 1. The van der Waals surface area contributed by atoms with Gasteiger partial charge in [-0.15, -0.1) is 0 Å². The molecule has 4 nitrogen and oxygen atoms in total. The van der Waals surface area contributed by atoms with Gasteiger partial charge in [-0.2, -0.15) is 0 Å². The fraction of sp³-hybridized carbons (Fsp3) is 0.286. The molecule has 0 spiro atoms. The lowest BCUT2D eigenvalue weighted by molar-refractivity contribution is -0.116. The van der Waals surface area contributed by atoms with Gasteiger partial charge in [-0.3, -0.25) is 9.78 Å².